The average molecular weight is 99.2 g/mol. The molecule has 0 aliphatic heterocycles. The van der Waals surface area contributed by atoms with E-state index in [0.29, 0.717) is 0 Å². The maximum absolute atomic E-state index is 10.0. The van der Waals surface area contributed by atoms with E-state index in [1.165, 1.54) is 0 Å². The number of aldehydes is 1. The zero-order valence-corrected chi connectivity index (χ0v) is 5.06. The maximum Gasteiger partial charge on any atom is 0.125 e. The van der Waals surface area contributed by atoms with Gasteiger partial charge in [0, 0.05) is 5.41 Å². The van der Waals surface area contributed by atoms with Crippen molar-refractivity contribution in [1.82, 2.24) is 0 Å². The first kappa shape index (κ1) is 6.67. The van der Waals surface area contributed by atoms with Gasteiger partial charge in [0.1, 0.15) is 6.29 Å². The Bertz CT molecular complexity index is 64.6. The molecule has 41 valence electrons. The monoisotopic (exact) mass is 99.1 g/mol. The quantitative estimate of drug-likeness (QED) is 0.479. The Labute approximate surface area is 44.7 Å². The van der Waals surface area contributed by atoms with Gasteiger partial charge in [-0.15, -0.1) is 0 Å². The molecule has 0 bridgehead atoms. The zero-order valence-electron chi connectivity index (χ0n) is 5.06. The molecular weight excluding hydrogens is 88.1 g/mol. The Hall–Kier alpha value is -0.330. The van der Waals surface area contributed by atoms with Gasteiger partial charge in [-0.05, 0) is 6.42 Å². The van der Waals surface area contributed by atoms with Crippen molar-refractivity contribution >= 4 is 6.29 Å². The first-order chi connectivity index (χ1) is 3.12. The van der Waals surface area contributed by atoms with Crippen LogP contribution in [0.1, 0.15) is 20.8 Å². The van der Waals surface area contributed by atoms with Crippen LogP contribution in [-0.4, -0.2) is 6.29 Å². The van der Waals surface area contributed by atoms with Gasteiger partial charge >= 0.3 is 0 Å². The number of rotatable bonds is 2. The molecule has 0 rings (SSSR count). The summed E-state index contributed by atoms with van der Waals surface area (Å²) < 4.78 is 0. The van der Waals surface area contributed by atoms with E-state index < -0.39 is 0 Å². The summed E-state index contributed by atoms with van der Waals surface area (Å²) in [6.45, 7) is 5.63. The van der Waals surface area contributed by atoms with Gasteiger partial charge in [-0.3, -0.25) is 0 Å². The number of carbonyl (C=O) groups is 1. The van der Waals surface area contributed by atoms with Crippen LogP contribution in [0.2, 0.25) is 0 Å². The minimum atomic E-state index is -0.222. The van der Waals surface area contributed by atoms with E-state index in [-0.39, 0.29) is 5.41 Å². The predicted octanol–water partition coefficient (Wildman–Crippen LogP) is 1.44. The van der Waals surface area contributed by atoms with Crippen LogP contribution in [0.25, 0.3) is 0 Å². The summed E-state index contributed by atoms with van der Waals surface area (Å²) >= 11 is 0. The van der Waals surface area contributed by atoms with E-state index in [4.69, 9.17) is 0 Å². The van der Waals surface area contributed by atoms with E-state index in [1.54, 1.807) is 0 Å². The molecule has 0 fully saturated rings. The minimum absolute atomic E-state index is 0.222. The second-order valence-electron chi connectivity index (χ2n) is 2.23. The molecule has 0 amide bonds. The van der Waals surface area contributed by atoms with Gasteiger partial charge in [-0.2, -0.15) is 0 Å². The van der Waals surface area contributed by atoms with E-state index in [2.05, 4.69) is 0 Å². The molecule has 0 aromatic rings. The molecule has 1 nitrogen and oxygen atoms in total. The molecule has 1 heteroatoms. The lowest BCUT2D eigenvalue weighted by atomic mass is 9.93. The highest BCUT2D eigenvalue weighted by Gasteiger charge is 2.11. The summed E-state index contributed by atoms with van der Waals surface area (Å²) in [6, 6.07) is 0. The van der Waals surface area contributed by atoms with Gasteiger partial charge in [0.25, 0.3) is 0 Å². The van der Waals surface area contributed by atoms with Crippen molar-refractivity contribution in [3.05, 3.63) is 6.42 Å². The molecule has 1 radical (unpaired) electrons. The summed E-state index contributed by atoms with van der Waals surface area (Å²) in [4.78, 5) is 10.0. The SMILES string of the molecule is C[CH]C(C)(C)C=O. The van der Waals surface area contributed by atoms with Gasteiger partial charge < -0.3 is 4.79 Å². The molecule has 0 atom stereocenters. The first-order valence-corrected chi connectivity index (χ1v) is 2.39. The fourth-order valence-electron chi connectivity index (χ4n) is 0.0680. The van der Waals surface area contributed by atoms with Gasteiger partial charge in [-0.25, -0.2) is 0 Å². The van der Waals surface area contributed by atoms with Crippen molar-refractivity contribution in [2.75, 3.05) is 0 Å². The molecule has 0 heterocycles. The van der Waals surface area contributed by atoms with E-state index >= 15 is 0 Å². The lowest BCUT2D eigenvalue weighted by Crippen LogP contribution is -2.10. The first-order valence-electron chi connectivity index (χ1n) is 2.39. The third-order valence-corrected chi connectivity index (χ3v) is 1.05. The molecule has 0 unspecified atom stereocenters. The standard InChI is InChI=1S/C6H11O/c1-4-6(2,3)5-7/h4-5H,1-3H3. The Morgan fingerprint density at radius 3 is 1.86 bits per heavy atom. The molecular formula is C6H11O. The Kier molecular flexibility index (Phi) is 2.00. The molecule has 0 aliphatic rings. The van der Waals surface area contributed by atoms with Crippen LogP contribution >= 0.6 is 0 Å². The maximum atomic E-state index is 10.0. The van der Waals surface area contributed by atoms with Gasteiger partial charge in [0.15, 0.2) is 0 Å². The highest BCUT2D eigenvalue weighted by molar-refractivity contribution is 5.59. The van der Waals surface area contributed by atoms with E-state index in [0.717, 1.165) is 6.29 Å². The lowest BCUT2D eigenvalue weighted by Gasteiger charge is -2.10. The Balaban J connectivity index is 3.58. The van der Waals surface area contributed by atoms with Crippen LogP contribution in [0, 0.1) is 11.8 Å². The fourth-order valence-corrected chi connectivity index (χ4v) is 0.0680. The van der Waals surface area contributed by atoms with E-state index in [1.807, 2.05) is 27.2 Å². The smallest absolute Gasteiger partial charge is 0.125 e. The third kappa shape index (κ3) is 2.38. The van der Waals surface area contributed by atoms with Crippen molar-refractivity contribution < 1.29 is 4.79 Å². The summed E-state index contributed by atoms with van der Waals surface area (Å²) in [5.74, 6) is 0. The molecule has 0 saturated heterocycles. The average Bonchev–Trinajstić information content (AvgIpc) is 1.68. The van der Waals surface area contributed by atoms with Crippen molar-refractivity contribution in [1.29, 1.82) is 0 Å². The second-order valence-corrected chi connectivity index (χ2v) is 2.23. The molecule has 0 aromatic heterocycles. The fraction of sp³-hybridized carbons (Fsp3) is 0.667. The van der Waals surface area contributed by atoms with Crippen LogP contribution in [0.5, 0.6) is 0 Å². The van der Waals surface area contributed by atoms with Crippen molar-refractivity contribution in [2.24, 2.45) is 5.41 Å². The third-order valence-electron chi connectivity index (χ3n) is 1.05. The molecule has 0 spiro atoms. The number of carbonyl (C=O) groups excluding carboxylic acids is 1. The minimum Gasteiger partial charge on any atom is -0.303 e. The second kappa shape index (κ2) is 2.10. The van der Waals surface area contributed by atoms with Crippen LogP contribution < -0.4 is 0 Å². The molecule has 0 saturated carbocycles. The highest BCUT2D eigenvalue weighted by Crippen LogP contribution is 2.12. The van der Waals surface area contributed by atoms with Gasteiger partial charge in [-0.1, -0.05) is 20.8 Å². The van der Waals surface area contributed by atoms with Crippen LogP contribution in [0.4, 0.5) is 0 Å². The number of hydrogen-bond donors (Lipinski definition) is 0. The summed E-state index contributed by atoms with van der Waals surface area (Å²) in [7, 11) is 0. The van der Waals surface area contributed by atoms with Gasteiger partial charge in [0.2, 0.25) is 0 Å². The molecule has 0 aliphatic carbocycles. The summed E-state index contributed by atoms with van der Waals surface area (Å²) in [6.07, 6.45) is 2.81. The number of hydrogen-bond acceptors (Lipinski definition) is 1. The van der Waals surface area contributed by atoms with Crippen molar-refractivity contribution in [3.63, 3.8) is 0 Å². The highest BCUT2D eigenvalue weighted by atomic mass is 16.1. The molecule has 7 heavy (non-hydrogen) atoms. The normalized spacial score (nSPS) is 11.3. The zero-order chi connectivity index (χ0) is 5.91. The van der Waals surface area contributed by atoms with Crippen LogP contribution in [0.15, 0.2) is 0 Å². The van der Waals surface area contributed by atoms with Crippen molar-refractivity contribution in [3.8, 4) is 0 Å². The Morgan fingerprint density at radius 1 is 1.43 bits per heavy atom. The Morgan fingerprint density at radius 2 is 1.86 bits per heavy atom. The topological polar surface area (TPSA) is 17.1 Å². The van der Waals surface area contributed by atoms with Crippen LogP contribution in [-0.2, 0) is 4.79 Å². The molecule has 0 aromatic carbocycles. The summed E-state index contributed by atoms with van der Waals surface area (Å²) in [5.41, 5.74) is -0.222. The van der Waals surface area contributed by atoms with Crippen LogP contribution in [0.3, 0.4) is 0 Å². The molecule has 0 N–H and O–H groups in total. The lowest BCUT2D eigenvalue weighted by molar-refractivity contribution is -0.113. The van der Waals surface area contributed by atoms with Crippen molar-refractivity contribution in [2.45, 2.75) is 20.8 Å². The summed E-state index contributed by atoms with van der Waals surface area (Å²) in [5, 5.41) is 0. The van der Waals surface area contributed by atoms with Gasteiger partial charge in [0.05, 0.1) is 0 Å². The largest absolute Gasteiger partial charge is 0.303 e. The predicted molar refractivity (Wildman–Crippen MR) is 29.8 cm³/mol. The van der Waals surface area contributed by atoms with E-state index in [9.17, 15) is 4.79 Å².